The Labute approximate surface area is 101 Å². The van der Waals surface area contributed by atoms with Crippen LogP contribution >= 0.6 is 0 Å². The van der Waals surface area contributed by atoms with Crippen LogP contribution in [0.2, 0.25) is 0 Å². The van der Waals surface area contributed by atoms with E-state index in [0.717, 1.165) is 17.7 Å². The maximum absolute atomic E-state index is 9.08. The molecule has 2 aromatic carbocycles. The lowest BCUT2D eigenvalue weighted by molar-refractivity contribution is 0.281. The zero-order chi connectivity index (χ0) is 12.1. The molecule has 0 heterocycles. The van der Waals surface area contributed by atoms with Crippen molar-refractivity contribution in [2.75, 3.05) is 7.11 Å². The first-order chi connectivity index (χ1) is 8.31. The molecule has 1 N–H and O–H groups in total. The van der Waals surface area contributed by atoms with E-state index >= 15 is 0 Å². The Balaban J connectivity index is 2.13. The van der Waals surface area contributed by atoms with E-state index in [1.54, 1.807) is 7.11 Å². The third kappa shape index (κ3) is 3.08. The fourth-order valence-corrected chi connectivity index (χ4v) is 1.82. The van der Waals surface area contributed by atoms with Gasteiger partial charge >= 0.3 is 0 Å². The van der Waals surface area contributed by atoms with Gasteiger partial charge in [-0.1, -0.05) is 36.4 Å². The number of ether oxygens (including phenoxy) is 1. The molecule has 0 saturated carbocycles. The Morgan fingerprint density at radius 1 is 0.941 bits per heavy atom. The van der Waals surface area contributed by atoms with Crippen molar-refractivity contribution in [3.05, 3.63) is 65.2 Å². The van der Waals surface area contributed by atoms with Crippen molar-refractivity contribution in [2.24, 2.45) is 0 Å². The quantitative estimate of drug-likeness (QED) is 0.872. The molecule has 0 atom stereocenters. The fraction of sp³-hybridized carbons (Fsp3) is 0.200. The lowest BCUT2D eigenvalue weighted by Gasteiger charge is -2.05. The van der Waals surface area contributed by atoms with Crippen LogP contribution in [0.5, 0.6) is 5.75 Å². The molecular weight excluding hydrogens is 212 g/mol. The largest absolute Gasteiger partial charge is 0.497 e. The van der Waals surface area contributed by atoms with Crippen LogP contribution in [0.4, 0.5) is 0 Å². The topological polar surface area (TPSA) is 29.5 Å². The molecule has 0 radical (unpaired) electrons. The van der Waals surface area contributed by atoms with E-state index in [0.29, 0.717) is 0 Å². The molecule has 0 unspecified atom stereocenters. The summed E-state index contributed by atoms with van der Waals surface area (Å²) in [4.78, 5) is 0. The number of methoxy groups -OCH3 is 1. The highest BCUT2D eigenvalue weighted by molar-refractivity contribution is 5.32. The van der Waals surface area contributed by atoms with Crippen LogP contribution in [0.15, 0.2) is 48.5 Å². The van der Waals surface area contributed by atoms with Crippen molar-refractivity contribution in [3.8, 4) is 5.75 Å². The average molecular weight is 228 g/mol. The van der Waals surface area contributed by atoms with Crippen molar-refractivity contribution >= 4 is 0 Å². The molecular formula is C15H16O2. The summed E-state index contributed by atoms with van der Waals surface area (Å²) in [5, 5.41) is 9.08. The Bertz CT molecular complexity index is 475. The molecule has 0 saturated heterocycles. The second-order valence-electron chi connectivity index (χ2n) is 4.00. The van der Waals surface area contributed by atoms with E-state index < -0.39 is 0 Å². The molecule has 2 aromatic rings. The number of hydrogen-bond acceptors (Lipinski definition) is 2. The van der Waals surface area contributed by atoms with Crippen molar-refractivity contribution in [1.82, 2.24) is 0 Å². The fourth-order valence-electron chi connectivity index (χ4n) is 1.82. The van der Waals surface area contributed by atoms with Crippen LogP contribution < -0.4 is 4.74 Å². The summed E-state index contributed by atoms with van der Waals surface area (Å²) >= 11 is 0. The first-order valence-electron chi connectivity index (χ1n) is 5.63. The molecule has 0 aromatic heterocycles. The molecule has 88 valence electrons. The molecule has 0 bridgehead atoms. The van der Waals surface area contributed by atoms with Crippen molar-refractivity contribution in [2.45, 2.75) is 13.0 Å². The predicted molar refractivity (Wildman–Crippen MR) is 68.2 cm³/mol. The summed E-state index contributed by atoms with van der Waals surface area (Å²) in [7, 11) is 1.67. The lowest BCUT2D eigenvalue weighted by Crippen LogP contribution is -1.91. The second-order valence-corrected chi connectivity index (χ2v) is 4.00. The third-order valence-corrected chi connectivity index (χ3v) is 2.74. The van der Waals surface area contributed by atoms with E-state index in [-0.39, 0.29) is 6.61 Å². The van der Waals surface area contributed by atoms with E-state index in [9.17, 15) is 0 Å². The minimum atomic E-state index is 0.0937. The standard InChI is InChI=1S/C15H16O2/c1-17-15-7-5-12(6-8-15)9-13-3-2-4-14(10-13)11-16/h2-8,10,16H,9,11H2,1H3. The first kappa shape index (κ1) is 11.7. The molecule has 0 spiro atoms. The molecule has 0 aliphatic heterocycles. The molecule has 2 rings (SSSR count). The highest BCUT2D eigenvalue weighted by Crippen LogP contribution is 2.15. The Morgan fingerprint density at radius 2 is 1.65 bits per heavy atom. The highest BCUT2D eigenvalue weighted by Gasteiger charge is 1.98. The number of hydrogen-bond donors (Lipinski definition) is 1. The van der Waals surface area contributed by atoms with Gasteiger partial charge < -0.3 is 9.84 Å². The zero-order valence-electron chi connectivity index (χ0n) is 9.89. The predicted octanol–water partition coefficient (Wildman–Crippen LogP) is 2.78. The summed E-state index contributed by atoms with van der Waals surface area (Å²) in [6, 6.07) is 16.1. The summed E-state index contributed by atoms with van der Waals surface area (Å²) in [5.41, 5.74) is 3.40. The van der Waals surface area contributed by atoms with Gasteiger partial charge in [0, 0.05) is 0 Å². The molecule has 17 heavy (non-hydrogen) atoms. The van der Waals surface area contributed by atoms with Gasteiger partial charge in [-0.25, -0.2) is 0 Å². The first-order valence-corrected chi connectivity index (χ1v) is 5.63. The molecule has 0 amide bonds. The second kappa shape index (κ2) is 5.51. The monoisotopic (exact) mass is 228 g/mol. The van der Waals surface area contributed by atoms with Gasteiger partial charge in [0.25, 0.3) is 0 Å². The van der Waals surface area contributed by atoms with Crippen LogP contribution in [0, 0.1) is 0 Å². The van der Waals surface area contributed by atoms with E-state index in [2.05, 4.69) is 18.2 Å². The van der Waals surface area contributed by atoms with Crippen LogP contribution in [0.1, 0.15) is 16.7 Å². The summed E-state index contributed by atoms with van der Waals surface area (Å²) in [6.07, 6.45) is 0.873. The van der Waals surface area contributed by atoms with Crippen molar-refractivity contribution in [3.63, 3.8) is 0 Å². The Morgan fingerprint density at radius 3 is 2.29 bits per heavy atom. The number of aliphatic hydroxyl groups excluding tert-OH is 1. The SMILES string of the molecule is COc1ccc(Cc2cccc(CO)c2)cc1. The van der Waals surface area contributed by atoms with Gasteiger partial charge in [0.15, 0.2) is 0 Å². The minimum Gasteiger partial charge on any atom is -0.497 e. The van der Waals surface area contributed by atoms with Gasteiger partial charge in [-0.3, -0.25) is 0 Å². The molecule has 2 heteroatoms. The summed E-state index contributed by atoms with van der Waals surface area (Å²) in [6.45, 7) is 0.0937. The van der Waals surface area contributed by atoms with Gasteiger partial charge in [0.05, 0.1) is 13.7 Å². The maximum Gasteiger partial charge on any atom is 0.118 e. The highest BCUT2D eigenvalue weighted by atomic mass is 16.5. The number of aliphatic hydroxyl groups is 1. The Kier molecular flexibility index (Phi) is 3.78. The van der Waals surface area contributed by atoms with E-state index in [1.165, 1.54) is 11.1 Å². The average Bonchev–Trinajstić information content (AvgIpc) is 2.40. The lowest BCUT2D eigenvalue weighted by atomic mass is 10.0. The van der Waals surface area contributed by atoms with E-state index in [4.69, 9.17) is 9.84 Å². The Hall–Kier alpha value is -1.80. The smallest absolute Gasteiger partial charge is 0.118 e. The minimum absolute atomic E-state index is 0.0937. The summed E-state index contributed by atoms with van der Waals surface area (Å²) < 4.78 is 5.12. The number of rotatable bonds is 4. The van der Waals surface area contributed by atoms with Crippen LogP contribution in [-0.4, -0.2) is 12.2 Å². The third-order valence-electron chi connectivity index (χ3n) is 2.74. The van der Waals surface area contributed by atoms with E-state index in [1.807, 2.05) is 30.3 Å². The molecule has 0 aliphatic rings. The molecule has 0 aliphatic carbocycles. The maximum atomic E-state index is 9.08. The van der Waals surface area contributed by atoms with Crippen LogP contribution in [-0.2, 0) is 13.0 Å². The van der Waals surface area contributed by atoms with Gasteiger partial charge in [0.2, 0.25) is 0 Å². The van der Waals surface area contributed by atoms with Gasteiger partial charge in [-0.05, 0) is 35.2 Å². The number of benzene rings is 2. The van der Waals surface area contributed by atoms with Crippen molar-refractivity contribution < 1.29 is 9.84 Å². The van der Waals surface area contributed by atoms with Gasteiger partial charge in [-0.2, -0.15) is 0 Å². The van der Waals surface area contributed by atoms with Crippen molar-refractivity contribution in [1.29, 1.82) is 0 Å². The van der Waals surface area contributed by atoms with Crippen LogP contribution in [0.25, 0.3) is 0 Å². The zero-order valence-corrected chi connectivity index (χ0v) is 9.89. The van der Waals surface area contributed by atoms with Gasteiger partial charge in [0.1, 0.15) is 5.75 Å². The summed E-state index contributed by atoms with van der Waals surface area (Å²) in [5.74, 6) is 0.873. The molecule has 2 nitrogen and oxygen atoms in total. The molecule has 0 fully saturated rings. The normalized spacial score (nSPS) is 10.2. The van der Waals surface area contributed by atoms with Crippen LogP contribution in [0.3, 0.4) is 0 Å². The van der Waals surface area contributed by atoms with Gasteiger partial charge in [-0.15, -0.1) is 0 Å².